The Labute approximate surface area is 169 Å². The number of para-hydroxylation sites is 2. The number of nitro benzene ring substituents is 1. The molecule has 0 amide bonds. The highest BCUT2D eigenvalue weighted by atomic mass is 16.6. The fourth-order valence-corrected chi connectivity index (χ4v) is 4.80. The van der Waals surface area contributed by atoms with Crippen molar-refractivity contribution < 1.29 is 9.66 Å². The van der Waals surface area contributed by atoms with Crippen LogP contribution in [0.15, 0.2) is 78.9 Å². The van der Waals surface area contributed by atoms with E-state index >= 15 is 0 Å². The van der Waals surface area contributed by atoms with Crippen molar-refractivity contribution in [1.29, 1.82) is 0 Å². The van der Waals surface area contributed by atoms with Crippen molar-refractivity contribution in [3.8, 4) is 5.75 Å². The number of hydrogen-bond acceptors (Lipinski definition) is 4. The van der Waals surface area contributed by atoms with Gasteiger partial charge in [-0.1, -0.05) is 60.7 Å². The molecule has 0 saturated carbocycles. The molecule has 2 atom stereocenters. The highest BCUT2D eigenvalue weighted by Crippen LogP contribution is 2.58. The molecule has 2 heterocycles. The molecule has 5 nitrogen and oxygen atoms in total. The van der Waals surface area contributed by atoms with E-state index in [0.717, 1.165) is 16.8 Å². The zero-order valence-corrected chi connectivity index (χ0v) is 16.2. The van der Waals surface area contributed by atoms with E-state index in [2.05, 4.69) is 36.1 Å². The topological polar surface area (TPSA) is 55.6 Å². The van der Waals surface area contributed by atoms with E-state index in [1.165, 1.54) is 6.07 Å². The molecule has 3 aromatic carbocycles. The summed E-state index contributed by atoms with van der Waals surface area (Å²) < 4.78 is 6.64. The maximum Gasteiger partial charge on any atom is 0.311 e. The number of hydrogen-bond donors (Lipinski definition) is 0. The van der Waals surface area contributed by atoms with Gasteiger partial charge in [0, 0.05) is 24.4 Å². The number of benzene rings is 3. The van der Waals surface area contributed by atoms with Crippen LogP contribution in [0.3, 0.4) is 0 Å². The van der Waals surface area contributed by atoms with Crippen LogP contribution < -0.4 is 9.64 Å². The third-order valence-corrected chi connectivity index (χ3v) is 6.34. The second-order valence-corrected chi connectivity index (χ2v) is 7.65. The van der Waals surface area contributed by atoms with Gasteiger partial charge in [0.2, 0.25) is 11.5 Å². The molecular formula is C24H20N2O3. The first-order valence-electron chi connectivity index (χ1n) is 9.53. The van der Waals surface area contributed by atoms with Crippen LogP contribution in [0.25, 0.3) is 6.08 Å². The molecule has 1 spiro atoms. The number of anilines is 1. The first-order valence-corrected chi connectivity index (χ1v) is 9.53. The summed E-state index contributed by atoms with van der Waals surface area (Å²) in [6.07, 6.45) is 3.97. The molecule has 0 bridgehead atoms. The van der Waals surface area contributed by atoms with Gasteiger partial charge in [-0.25, -0.2) is 0 Å². The van der Waals surface area contributed by atoms with Crippen molar-refractivity contribution in [3.05, 3.63) is 106 Å². The lowest BCUT2D eigenvalue weighted by atomic mass is 9.69. The van der Waals surface area contributed by atoms with Gasteiger partial charge in [0.1, 0.15) is 0 Å². The molecule has 3 aromatic rings. The lowest BCUT2D eigenvalue weighted by molar-refractivity contribution is -0.386. The Kier molecular flexibility index (Phi) is 3.59. The Balaban J connectivity index is 1.80. The summed E-state index contributed by atoms with van der Waals surface area (Å²) in [6, 6.07) is 23.4. The first kappa shape index (κ1) is 17.5. The highest BCUT2D eigenvalue weighted by Gasteiger charge is 2.61. The minimum atomic E-state index is -0.933. The lowest BCUT2D eigenvalue weighted by Gasteiger charge is -2.47. The molecule has 2 aliphatic rings. The average Bonchev–Trinajstić information content (AvgIpc) is 2.94. The average molecular weight is 384 g/mol. The zero-order chi connectivity index (χ0) is 20.2. The summed E-state index contributed by atoms with van der Waals surface area (Å²) in [5, 5.41) is 11.7. The smallest absolute Gasteiger partial charge is 0.311 e. The Hall–Kier alpha value is -3.60. The second kappa shape index (κ2) is 5.95. The van der Waals surface area contributed by atoms with Gasteiger partial charge in [-0.3, -0.25) is 10.1 Å². The number of ether oxygens (including phenoxy) is 1. The van der Waals surface area contributed by atoms with Gasteiger partial charge in [-0.2, -0.15) is 0 Å². The van der Waals surface area contributed by atoms with Crippen LogP contribution in [0.4, 0.5) is 11.4 Å². The van der Waals surface area contributed by atoms with Gasteiger partial charge < -0.3 is 9.64 Å². The van der Waals surface area contributed by atoms with Crippen molar-refractivity contribution in [1.82, 2.24) is 0 Å². The monoisotopic (exact) mass is 384 g/mol. The molecule has 0 saturated heterocycles. The van der Waals surface area contributed by atoms with Gasteiger partial charge in [-0.05, 0) is 36.3 Å². The predicted octanol–water partition coefficient (Wildman–Crippen LogP) is 5.15. The fourth-order valence-electron chi connectivity index (χ4n) is 4.80. The first-order chi connectivity index (χ1) is 14.0. The second-order valence-electron chi connectivity index (χ2n) is 7.65. The van der Waals surface area contributed by atoms with E-state index in [4.69, 9.17) is 4.74 Å². The number of nitro groups is 1. The molecule has 0 aromatic heterocycles. The van der Waals surface area contributed by atoms with Crippen LogP contribution >= 0.6 is 0 Å². The lowest BCUT2D eigenvalue weighted by Crippen LogP contribution is -2.59. The molecule has 29 heavy (non-hydrogen) atoms. The summed E-state index contributed by atoms with van der Waals surface area (Å²) in [7, 11) is 1.98. The van der Waals surface area contributed by atoms with Crippen LogP contribution in [-0.4, -0.2) is 17.7 Å². The Bertz CT molecular complexity index is 1160. The third kappa shape index (κ3) is 2.15. The Morgan fingerprint density at radius 1 is 0.966 bits per heavy atom. The highest BCUT2D eigenvalue weighted by molar-refractivity contribution is 5.76. The molecule has 0 N–H and O–H groups in total. The number of rotatable bonds is 2. The minimum Gasteiger partial charge on any atom is -0.455 e. The normalized spacial score (nSPS) is 24.1. The largest absolute Gasteiger partial charge is 0.455 e. The van der Waals surface area contributed by atoms with E-state index in [1.54, 1.807) is 6.07 Å². The van der Waals surface area contributed by atoms with Crippen molar-refractivity contribution in [2.45, 2.75) is 18.1 Å². The molecular weight excluding hydrogens is 364 g/mol. The molecule has 0 aliphatic carbocycles. The third-order valence-electron chi connectivity index (χ3n) is 6.34. The molecule has 144 valence electrons. The van der Waals surface area contributed by atoms with Gasteiger partial charge in [0.25, 0.3) is 0 Å². The van der Waals surface area contributed by atoms with E-state index in [9.17, 15) is 10.1 Å². The van der Waals surface area contributed by atoms with Gasteiger partial charge in [0.15, 0.2) is 0 Å². The Morgan fingerprint density at radius 2 is 1.69 bits per heavy atom. The number of likely N-dealkylation sites (N-methyl/N-ethyl adjacent to an activating group) is 1. The Morgan fingerprint density at radius 3 is 2.45 bits per heavy atom. The van der Waals surface area contributed by atoms with Gasteiger partial charge >= 0.3 is 5.69 Å². The van der Waals surface area contributed by atoms with Crippen molar-refractivity contribution >= 4 is 17.5 Å². The van der Waals surface area contributed by atoms with Crippen LogP contribution in [0, 0.1) is 10.1 Å². The maximum absolute atomic E-state index is 11.7. The standard InChI is InChI=1S/C24H20N2O3/c1-23(18-10-4-3-5-11-18)19-12-6-7-13-20(19)25(2)24(23)16-15-17-9-8-14-21(26(27)28)22(17)29-24/h3-16H,1-2H3. The van der Waals surface area contributed by atoms with Crippen LogP contribution in [0.5, 0.6) is 5.75 Å². The SMILES string of the molecule is CN1c2ccccc2C(C)(c2ccccc2)C12C=Cc1cccc([N+](=O)[O-])c1O2. The maximum atomic E-state index is 11.7. The molecule has 0 fully saturated rings. The summed E-state index contributed by atoms with van der Waals surface area (Å²) in [5.41, 5.74) is 2.44. The molecule has 2 aliphatic heterocycles. The van der Waals surface area contributed by atoms with Crippen LogP contribution in [-0.2, 0) is 5.41 Å². The van der Waals surface area contributed by atoms with E-state index in [1.807, 2.05) is 55.6 Å². The van der Waals surface area contributed by atoms with Crippen LogP contribution in [0.1, 0.15) is 23.6 Å². The minimum absolute atomic E-state index is 0.0222. The summed E-state index contributed by atoms with van der Waals surface area (Å²) in [5.74, 6) is 0.307. The quantitative estimate of drug-likeness (QED) is 0.453. The van der Waals surface area contributed by atoms with E-state index in [-0.39, 0.29) is 10.6 Å². The predicted molar refractivity (Wildman–Crippen MR) is 113 cm³/mol. The van der Waals surface area contributed by atoms with Crippen molar-refractivity contribution in [2.75, 3.05) is 11.9 Å². The van der Waals surface area contributed by atoms with Gasteiger partial charge in [0.05, 0.1) is 10.3 Å². The summed E-state index contributed by atoms with van der Waals surface area (Å²) in [4.78, 5) is 13.4. The zero-order valence-electron chi connectivity index (χ0n) is 16.2. The van der Waals surface area contributed by atoms with E-state index < -0.39 is 11.1 Å². The summed E-state index contributed by atoms with van der Waals surface area (Å²) in [6.45, 7) is 2.15. The molecule has 0 radical (unpaired) electrons. The molecule has 5 heteroatoms. The van der Waals surface area contributed by atoms with Gasteiger partial charge in [-0.15, -0.1) is 0 Å². The van der Waals surface area contributed by atoms with E-state index in [0.29, 0.717) is 11.3 Å². The summed E-state index contributed by atoms with van der Waals surface area (Å²) >= 11 is 0. The number of fused-ring (bicyclic) bond motifs is 2. The number of nitrogens with zero attached hydrogens (tertiary/aromatic N) is 2. The van der Waals surface area contributed by atoms with Crippen molar-refractivity contribution in [2.24, 2.45) is 0 Å². The fraction of sp³-hybridized carbons (Fsp3) is 0.167. The van der Waals surface area contributed by atoms with Crippen molar-refractivity contribution in [3.63, 3.8) is 0 Å². The molecule has 5 rings (SSSR count). The molecule has 2 unspecified atom stereocenters. The van der Waals surface area contributed by atoms with Crippen LogP contribution in [0.2, 0.25) is 0 Å².